The number of nitrogens with two attached hydrogens (primary N) is 2. The van der Waals surface area contributed by atoms with Crippen LogP contribution >= 0.6 is 0 Å². The van der Waals surface area contributed by atoms with E-state index in [0.29, 0.717) is 6.42 Å². The number of aliphatic hydroxyl groups excluding tert-OH is 6. The molecule has 14 unspecified atom stereocenters. The fraction of sp³-hybridized carbons (Fsp3) is 0.962. The van der Waals surface area contributed by atoms with Crippen LogP contribution in [0.5, 0.6) is 0 Å². The van der Waals surface area contributed by atoms with Gasteiger partial charge in [0, 0.05) is 12.0 Å². The van der Waals surface area contributed by atoms with Crippen molar-refractivity contribution in [3.05, 3.63) is 0 Å². The van der Waals surface area contributed by atoms with Gasteiger partial charge in [0.15, 0.2) is 12.6 Å². The Kier molecular flexibility index (Phi) is 13.6. The van der Waals surface area contributed by atoms with Crippen molar-refractivity contribution in [2.75, 3.05) is 13.2 Å². The minimum absolute atomic E-state index is 0.0143. The zero-order valence-electron chi connectivity index (χ0n) is 24.7. The Labute approximate surface area is 241 Å². The maximum absolute atomic E-state index is 12.7. The first-order valence-corrected chi connectivity index (χ1v) is 14.1. The Morgan fingerprint density at radius 3 is 2.29 bits per heavy atom. The summed E-state index contributed by atoms with van der Waals surface area (Å²) in [6, 6.07) is -3.03. The number of ether oxygens (including phenoxy) is 5. The van der Waals surface area contributed by atoms with E-state index in [9.17, 15) is 35.4 Å². The van der Waals surface area contributed by atoms with Crippen molar-refractivity contribution in [2.45, 2.75) is 140 Å². The molecule has 0 radical (unpaired) electrons. The summed E-state index contributed by atoms with van der Waals surface area (Å²) in [4.78, 5) is 12.7. The van der Waals surface area contributed by atoms with Gasteiger partial charge < -0.3 is 71.1 Å². The van der Waals surface area contributed by atoms with Crippen molar-refractivity contribution in [3.63, 3.8) is 0 Å². The van der Waals surface area contributed by atoms with E-state index in [1.165, 1.54) is 6.92 Å². The average molecular weight is 598 g/mol. The topological polar surface area (TPSA) is 249 Å². The second kappa shape index (κ2) is 15.5. The summed E-state index contributed by atoms with van der Waals surface area (Å²) in [6.45, 7) is 9.17. The largest absolute Gasteiger partial charge is 0.444 e. The van der Waals surface area contributed by atoms with Gasteiger partial charge >= 0.3 is 6.09 Å². The van der Waals surface area contributed by atoms with E-state index < -0.39 is 104 Å². The van der Waals surface area contributed by atoms with Crippen molar-refractivity contribution in [3.8, 4) is 0 Å². The lowest BCUT2D eigenvalue weighted by atomic mass is 9.83. The zero-order chi connectivity index (χ0) is 31.2. The molecule has 0 aromatic heterocycles. The zero-order valence-corrected chi connectivity index (χ0v) is 24.7. The van der Waals surface area contributed by atoms with Gasteiger partial charge in [0.1, 0.15) is 36.1 Å². The van der Waals surface area contributed by atoms with Crippen LogP contribution in [-0.4, -0.2) is 135 Å². The van der Waals surface area contributed by atoms with E-state index in [2.05, 4.69) is 5.32 Å². The number of amides is 1. The van der Waals surface area contributed by atoms with Crippen LogP contribution in [0.2, 0.25) is 0 Å². The standard InChI is InChI=1S/C26H51N3O12/c1-7-15-18(33)17(32)11(2)23(38-15)40-22-14(29-25(36)41-26(4,5)6)10-13(27)21(20(22)35)39-24(37-9-8-30)19(34)16(28)12(3)31/h11-24,30-35H,7-10,27-28H2,1-6H3,(H,29,36). The van der Waals surface area contributed by atoms with Crippen LogP contribution in [0.4, 0.5) is 4.79 Å². The summed E-state index contributed by atoms with van der Waals surface area (Å²) in [6.07, 6.45) is -12.8. The number of carbonyl (C=O) groups is 1. The molecule has 242 valence electrons. The first-order chi connectivity index (χ1) is 19.0. The van der Waals surface area contributed by atoms with E-state index in [1.807, 2.05) is 0 Å². The predicted molar refractivity (Wildman–Crippen MR) is 144 cm³/mol. The lowest BCUT2D eigenvalue weighted by Gasteiger charge is -2.48. The Morgan fingerprint density at radius 2 is 1.76 bits per heavy atom. The van der Waals surface area contributed by atoms with E-state index >= 15 is 0 Å². The minimum Gasteiger partial charge on any atom is -0.444 e. The highest BCUT2D eigenvalue weighted by Gasteiger charge is 2.50. The first-order valence-electron chi connectivity index (χ1n) is 14.1. The summed E-state index contributed by atoms with van der Waals surface area (Å²) < 4.78 is 28.8. The van der Waals surface area contributed by atoms with Crippen molar-refractivity contribution < 1.29 is 59.1 Å². The van der Waals surface area contributed by atoms with Crippen LogP contribution in [0.25, 0.3) is 0 Å². The minimum atomic E-state index is -1.57. The van der Waals surface area contributed by atoms with Crippen molar-refractivity contribution in [2.24, 2.45) is 17.4 Å². The molecule has 15 nitrogen and oxygen atoms in total. The quantitative estimate of drug-likeness (QED) is 0.107. The molecule has 0 aromatic rings. The average Bonchev–Trinajstić information content (AvgIpc) is 2.88. The lowest BCUT2D eigenvalue weighted by molar-refractivity contribution is -0.314. The second-order valence-corrected chi connectivity index (χ2v) is 11.9. The Morgan fingerprint density at radius 1 is 1.12 bits per heavy atom. The number of alkyl carbamates (subject to hydrolysis) is 1. The highest BCUT2D eigenvalue weighted by molar-refractivity contribution is 5.68. The molecule has 1 aliphatic carbocycles. The van der Waals surface area contributed by atoms with Crippen molar-refractivity contribution in [1.29, 1.82) is 0 Å². The predicted octanol–water partition coefficient (Wildman–Crippen LogP) is -2.36. The summed E-state index contributed by atoms with van der Waals surface area (Å²) >= 11 is 0. The van der Waals surface area contributed by atoms with Gasteiger partial charge in [0.05, 0.1) is 43.6 Å². The molecule has 1 saturated carbocycles. The third-order valence-corrected chi connectivity index (χ3v) is 7.32. The van der Waals surface area contributed by atoms with Crippen LogP contribution in [-0.2, 0) is 23.7 Å². The monoisotopic (exact) mass is 597 g/mol. The van der Waals surface area contributed by atoms with Gasteiger partial charge in [-0.15, -0.1) is 0 Å². The highest BCUT2D eigenvalue weighted by atomic mass is 16.7. The molecule has 11 N–H and O–H groups in total. The van der Waals surface area contributed by atoms with E-state index in [0.717, 1.165) is 0 Å². The summed E-state index contributed by atoms with van der Waals surface area (Å²) in [5.74, 6) is -0.719. The molecule has 2 fully saturated rings. The molecule has 2 aliphatic rings. The molecule has 0 aromatic carbocycles. The molecule has 2 rings (SSSR count). The highest BCUT2D eigenvalue weighted by Crippen LogP contribution is 2.33. The van der Waals surface area contributed by atoms with Gasteiger partial charge in [0.25, 0.3) is 0 Å². The fourth-order valence-corrected chi connectivity index (χ4v) is 4.92. The number of rotatable bonds is 12. The third-order valence-electron chi connectivity index (χ3n) is 7.32. The number of hydrogen-bond donors (Lipinski definition) is 9. The van der Waals surface area contributed by atoms with E-state index in [1.54, 1.807) is 34.6 Å². The number of hydrogen-bond acceptors (Lipinski definition) is 14. The second-order valence-electron chi connectivity index (χ2n) is 11.9. The van der Waals surface area contributed by atoms with E-state index in [-0.39, 0.29) is 13.0 Å². The van der Waals surface area contributed by atoms with E-state index in [4.69, 9.17) is 35.2 Å². The molecular weight excluding hydrogens is 546 g/mol. The Balaban J connectivity index is 2.36. The number of carbonyl (C=O) groups excluding carboxylic acids is 1. The van der Waals surface area contributed by atoms with Crippen molar-refractivity contribution in [1.82, 2.24) is 5.32 Å². The molecule has 1 amide bonds. The first kappa shape index (κ1) is 36.0. The van der Waals surface area contributed by atoms with Crippen LogP contribution < -0.4 is 16.8 Å². The lowest BCUT2D eigenvalue weighted by Crippen LogP contribution is -2.67. The normalized spacial score (nSPS) is 37.6. The van der Waals surface area contributed by atoms with Gasteiger partial charge in [-0.1, -0.05) is 13.8 Å². The molecule has 1 aliphatic heterocycles. The molecule has 15 heteroatoms. The Bertz CT molecular complexity index is 800. The third kappa shape index (κ3) is 9.64. The number of aliphatic hydroxyl groups is 6. The SMILES string of the molecule is CCC1OC(OC2C(NC(=O)OC(C)(C)C)CC(N)C(OC(OCCO)C(O)C(N)C(C)O)C2O)C(C)C(O)C1O. The van der Waals surface area contributed by atoms with Crippen LogP contribution in [0, 0.1) is 5.92 Å². The molecule has 1 saturated heterocycles. The molecule has 14 atom stereocenters. The number of nitrogens with one attached hydrogen (secondary N) is 1. The fourth-order valence-electron chi connectivity index (χ4n) is 4.92. The summed E-state index contributed by atoms with van der Waals surface area (Å²) in [5, 5.41) is 65.0. The van der Waals surface area contributed by atoms with Gasteiger partial charge in [-0.3, -0.25) is 0 Å². The Hall–Kier alpha value is -1.21. The maximum atomic E-state index is 12.7. The van der Waals surface area contributed by atoms with Crippen LogP contribution in [0.1, 0.15) is 54.4 Å². The molecule has 0 bridgehead atoms. The molecule has 0 spiro atoms. The van der Waals surface area contributed by atoms with Crippen LogP contribution in [0.15, 0.2) is 0 Å². The van der Waals surface area contributed by atoms with Crippen LogP contribution in [0.3, 0.4) is 0 Å². The van der Waals surface area contributed by atoms with Gasteiger partial charge in [0.2, 0.25) is 0 Å². The molecular formula is C26H51N3O12. The maximum Gasteiger partial charge on any atom is 0.407 e. The summed E-state index contributed by atoms with van der Waals surface area (Å²) in [5.41, 5.74) is 11.5. The smallest absolute Gasteiger partial charge is 0.407 e. The molecule has 1 heterocycles. The van der Waals surface area contributed by atoms with Gasteiger partial charge in [-0.25, -0.2) is 4.79 Å². The van der Waals surface area contributed by atoms with Crippen molar-refractivity contribution >= 4 is 6.09 Å². The van der Waals surface area contributed by atoms with Gasteiger partial charge in [-0.2, -0.15) is 0 Å². The summed E-state index contributed by atoms with van der Waals surface area (Å²) in [7, 11) is 0. The van der Waals surface area contributed by atoms with Gasteiger partial charge in [-0.05, 0) is 40.5 Å². The molecule has 41 heavy (non-hydrogen) atoms.